The van der Waals surface area contributed by atoms with E-state index < -0.39 is 18.5 Å². The van der Waals surface area contributed by atoms with E-state index in [2.05, 4.69) is 5.32 Å². The lowest BCUT2D eigenvalue weighted by Gasteiger charge is -2.07. The minimum Gasteiger partial charge on any atom is -0.494 e. The van der Waals surface area contributed by atoms with Crippen molar-refractivity contribution in [2.75, 3.05) is 18.5 Å². The number of benzene rings is 2. The number of hydrogen-bond donors (Lipinski definition) is 1. The van der Waals surface area contributed by atoms with Crippen molar-refractivity contribution in [2.24, 2.45) is 0 Å². The second-order valence-corrected chi connectivity index (χ2v) is 7.38. The van der Waals surface area contributed by atoms with Gasteiger partial charge >= 0.3 is 5.97 Å². The standard InChI is InChI=1S/C27H25NO7/c1-2-33-23-11-7-20(8-12-23)25(30)18-35-27(32)16-15-26(31)28-21-9-5-19(6-10-21)24(29)14-13-22-4-3-17-34-22/h3-14,17H,2,15-16,18H2,1H3,(H,28,31). The maximum absolute atomic E-state index is 12.2. The number of ketones is 2. The van der Waals surface area contributed by atoms with Gasteiger partial charge in [-0.2, -0.15) is 0 Å². The number of furan rings is 1. The van der Waals surface area contributed by atoms with Crippen LogP contribution < -0.4 is 10.1 Å². The smallest absolute Gasteiger partial charge is 0.306 e. The van der Waals surface area contributed by atoms with Crippen LogP contribution in [0.3, 0.4) is 0 Å². The van der Waals surface area contributed by atoms with Gasteiger partial charge in [0.05, 0.1) is 19.3 Å². The third-order valence-corrected chi connectivity index (χ3v) is 4.80. The van der Waals surface area contributed by atoms with E-state index >= 15 is 0 Å². The average molecular weight is 475 g/mol. The molecule has 0 aliphatic rings. The molecule has 8 nitrogen and oxygen atoms in total. The molecule has 0 spiro atoms. The first kappa shape index (κ1) is 25.2. The number of ether oxygens (including phenoxy) is 2. The van der Waals surface area contributed by atoms with Gasteiger partial charge < -0.3 is 19.2 Å². The summed E-state index contributed by atoms with van der Waals surface area (Å²) in [5, 5.41) is 2.65. The Morgan fingerprint density at radius 3 is 2.29 bits per heavy atom. The van der Waals surface area contributed by atoms with Crippen molar-refractivity contribution in [3.05, 3.63) is 89.9 Å². The molecule has 1 aromatic heterocycles. The number of carbonyl (C=O) groups excluding carboxylic acids is 4. The van der Waals surface area contributed by atoms with Crippen molar-refractivity contribution in [1.82, 2.24) is 0 Å². The molecule has 0 saturated heterocycles. The van der Waals surface area contributed by atoms with Crippen LogP contribution in [0.15, 0.2) is 77.4 Å². The molecule has 8 heteroatoms. The summed E-state index contributed by atoms with van der Waals surface area (Å²) in [7, 11) is 0. The summed E-state index contributed by atoms with van der Waals surface area (Å²) in [5.74, 6) is -0.377. The largest absolute Gasteiger partial charge is 0.494 e. The molecule has 0 saturated carbocycles. The Bertz CT molecular complexity index is 1180. The van der Waals surface area contributed by atoms with Crippen LogP contribution in [0.2, 0.25) is 0 Å². The van der Waals surface area contributed by atoms with Crippen molar-refractivity contribution in [3.8, 4) is 5.75 Å². The van der Waals surface area contributed by atoms with Gasteiger partial charge in [0.25, 0.3) is 0 Å². The van der Waals surface area contributed by atoms with Crippen molar-refractivity contribution in [1.29, 1.82) is 0 Å². The molecule has 180 valence electrons. The van der Waals surface area contributed by atoms with Gasteiger partial charge in [-0.1, -0.05) is 0 Å². The number of nitrogens with one attached hydrogen (secondary N) is 1. The number of carbonyl (C=O) groups is 4. The fourth-order valence-electron chi connectivity index (χ4n) is 3.00. The molecule has 0 aliphatic heterocycles. The summed E-state index contributed by atoms with van der Waals surface area (Å²) in [5.41, 5.74) is 1.34. The van der Waals surface area contributed by atoms with Crippen LogP contribution in [0, 0.1) is 0 Å². The molecule has 0 unspecified atom stereocenters. The number of amides is 1. The second kappa shape index (κ2) is 12.7. The fraction of sp³-hybridized carbons (Fsp3) is 0.185. The van der Waals surface area contributed by atoms with E-state index in [4.69, 9.17) is 13.9 Å². The Hall–Kier alpha value is -4.46. The monoisotopic (exact) mass is 475 g/mol. The first-order valence-electron chi connectivity index (χ1n) is 11.0. The number of rotatable bonds is 12. The Morgan fingerprint density at radius 2 is 1.63 bits per heavy atom. The number of esters is 1. The molecule has 1 N–H and O–H groups in total. The van der Waals surface area contributed by atoms with Gasteiger partial charge in [-0.3, -0.25) is 19.2 Å². The minimum atomic E-state index is -0.649. The van der Waals surface area contributed by atoms with Gasteiger partial charge in [0.15, 0.2) is 18.2 Å². The van der Waals surface area contributed by atoms with Crippen LogP contribution in [0.25, 0.3) is 6.08 Å². The average Bonchev–Trinajstić information content (AvgIpc) is 3.39. The first-order valence-corrected chi connectivity index (χ1v) is 11.0. The summed E-state index contributed by atoms with van der Waals surface area (Å²) in [6, 6.07) is 16.4. The SMILES string of the molecule is CCOc1ccc(C(=O)COC(=O)CCC(=O)Nc2ccc(C(=O)C=Cc3ccco3)cc2)cc1. The molecule has 0 aliphatic carbocycles. The number of hydrogen-bond acceptors (Lipinski definition) is 7. The quantitative estimate of drug-likeness (QED) is 0.229. The topological polar surface area (TPSA) is 112 Å². The highest BCUT2D eigenvalue weighted by Gasteiger charge is 2.13. The lowest BCUT2D eigenvalue weighted by atomic mass is 10.1. The third-order valence-electron chi connectivity index (χ3n) is 4.80. The summed E-state index contributed by atoms with van der Waals surface area (Å²) < 4.78 is 15.4. The van der Waals surface area contributed by atoms with E-state index in [0.717, 1.165) is 0 Å². The van der Waals surface area contributed by atoms with Crippen LogP contribution in [0.1, 0.15) is 46.2 Å². The zero-order valence-electron chi connectivity index (χ0n) is 19.2. The highest BCUT2D eigenvalue weighted by atomic mass is 16.5. The highest BCUT2D eigenvalue weighted by Crippen LogP contribution is 2.14. The summed E-state index contributed by atoms with van der Waals surface area (Å²) in [6.45, 7) is 1.98. The Labute approximate surface area is 202 Å². The van der Waals surface area contributed by atoms with Crippen LogP contribution in [-0.2, 0) is 14.3 Å². The lowest BCUT2D eigenvalue weighted by Crippen LogP contribution is -2.17. The normalized spacial score (nSPS) is 10.7. The van der Waals surface area contributed by atoms with Crippen LogP contribution in [0.4, 0.5) is 5.69 Å². The number of anilines is 1. The zero-order chi connectivity index (χ0) is 25.0. The zero-order valence-corrected chi connectivity index (χ0v) is 19.2. The summed E-state index contributed by atoms with van der Waals surface area (Å²) >= 11 is 0. The number of allylic oxidation sites excluding steroid dienone is 1. The van der Waals surface area contributed by atoms with E-state index in [1.54, 1.807) is 66.7 Å². The molecular weight excluding hydrogens is 450 g/mol. The molecule has 0 atom stereocenters. The van der Waals surface area contributed by atoms with Crippen LogP contribution in [0.5, 0.6) is 5.75 Å². The van der Waals surface area contributed by atoms with E-state index in [-0.39, 0.29) is 24.4 Å². The first-order chi connectivity index (χ1) is 16.9. The molecule has 3 rings (SSSR count). The van der Waals surface area contributed by atoms with Gasteiger partial charge in [0.2, 0.25) is 5.91 Å². The minimum absolute atomic E-state index is 0.108. The van der Waals surface area contributed by atoms with Gasteiger partial charge in [-0.25, -0.2) is 0 Å². The van der Waals surface area contributed by atoms with E-state index in [1.807, 2.05) is 6.92 Å². The highest BCUT2D eigenvalue weighted by molar-refractivity contribution is 6.07. The second-order valence-electron chi connectivity index (χ2n) is 7.38. The van der Waals surface area contributed by atoms with Gasteiger partial charge in [-0.15, -0.1) is 0 Å². The Balaban J connectivity index is 1.38. The van der Waals surface area contributed by atoms with Gasteiger partial charge in [0.1, 0.15) is 11.5 Å². The van der Waals surface area contributed by atoms with Crippen molar-refractivity contribution < 1.29 is 33.1 Å². The predicted molar refractivity (Wildman–Crippen MR) is 129 cm³/mol. The number of Topliss-reactive ketones (excluding diaryl/α,β-unsaturated/α-hetero) is 1. The Morgan fingerprint density at radius 1 is 0.914 bits per heavy atom. The fourth-order valence-corrected chi connectivity index (χ4v) is 3.00. The summed E-state index contributed by atoms with van der Waals surface area (Å²) in [6.07, 6.45) is 4.21. The van der Waals surface area contributed by atoms with Crippen LogP contribution in [-0.4, -0.2) is 36.7 Å². The lowest BCUT2D eigenvalue weighted by molar-refractivity contribution is -0.143. The molecule has 1 heterocycles. The molecule has 35 heavy (non-hydrogen) atoms. The maximum atomic E-state index is 12.2. The third kappa shape index (κ3) is 8.12. The Kier molecular flexibility index (Phi) is 9.13. The van der Waals surface area contributed by atoms with Crippen molar-refractivity contribution in [2.45, 2.75) is 19.8 Å². The van der Waals surface area contributed by atoms with Crippen molar-refractivity contribution >= 4 is 35.2 Å². The van der Waals surface area contributed by atoms with E-state index in [9.17, 15) is 19.2 Å². The molecule has 0 bridgehead atoms. The van der Waals surface area contributed by atoms with Crippen LogP contribution >= 0.6 is 0 Å². The molecule has 3 aromatic rings. The molecule has 0 fully saturated rings. The molecule has 1 amide bonds. The predicted octanol–water partition coefficient (Wildman–Crippen LogP) is 4.72. The maximum Gasteiger partial charge on any atom is 0.306 e. The molecule has 2 aromatic carbocycles. The molecular formula is C27H25NO7. The molecule has 0 radical (unpaired) electrons. The van der Waals surface area contributed by atoms with Crippen molar-refractivity contribution in [3.63, 3.8) is 0 Å². The van der Waals surface area contributed by atoms with Gasteiger partial charge in [0, 0.05) is 23.2 Å². The van der Waals surface area contributed by atoms with E-state index in [0.29, 0.717) is 34.9 Å². The summed E-state index contributed by atoms with van der Waals surface area (Å²) in [4.78, 5) is 48.4. The van der Waals surface area contributed by atoms with Gasteiger partial charge in [-0.05, 0) is 79.7 Å². The van der Waals surface area contributed by atoms with E-state index in [1.165, 1.54) is 12.3 Å².